The summed E-state index contributed by atoms with van der Waals surface area (Å²) in [6.45, 7) is 3.52. The molecule has 0 saturated carbocycles. The molecule has 7 heteroatoms. The molecular weight excluding hydrogens is 360 g/mol. The van der Waals surface area contributed by atoms with E-state index in [1.165, 1.54) is 0 Å². The van der Waals surface area contributed by atoms with E-state index in [0.29, 0.717) is 11.3 Å². The Bertz CT molecular complexity index is 793. The van der Waals surface area contributed by atoms with Crippen LogP contribution in [0.3, 0.4) is 0 Å². The van der Waals surface area contributed by atoms with E-state index < -0.39 is 18.1 Å². The number of carbonyl (C=O) groups excluding carboxylic acids is 2. The molecule has 0 bridgehead atoms. The Kier molecular flexibility index (Phi) is 7.56. The smallest absolute Gasteiger partial charge is 0.416 e. The Morgan fingerprint density at radius 3 is 2.11 bits per heavy atom. The van der Waals surface area contributed by atoms with Gasteiger partial charge in [-0.15, -0.1) is 0 Å². The second-order valence-electron chi connectivity index (χ2n) is 6.52. The Hall–Kier alpha value is -3.35. The van der Waals surface area contributed by atoms with Crippen molar-refractivity contribution in [2.24, 2.45) is 5.92 Å². The zero-order valence-electron chi connectivity index (χ0n) is 15.9. The van der Waals surface area contributed by atoms with Crippen molar-refractivity contribution in [2.75, 3.05) is 13.1 Å². The van der Waals surface area contributed by atoms with Crippen LogP contribution in [-0.4, -0.2) is 47.1 Å². The van der Waals surface area contributed by atoms with Crippen molar-refractivity contribution in [3.63, 3.8) is 0 Å². The first-order chi connectivity index (χ1) is 13.4. The second kappa shape index (κ2) is 10.1. The van der Waals surface area contributed by atoms with Gasteiger partial charge in [-0.2, -0.15) is 0 Å². The molecule has 0 fully saturated rings. The number of ether oxygens (including phenoxy) is 1. The SMILES string of the molecule is CC(C)[C@@H](C(=O)O)N(CCNC(=O)c1ccccc1)C(=O)Oc1ccccc1. The number of nitrogens with one attached hydrogen (secondary N) is 1. The first-order valence-electron chi connectivity index (χ1n) is 8.99. The highest BCUT2D eigenvalue weighted by Crippen LogP contribution is 2.16. The number of rotatable bonds is 8. The van der Waals surface area contributed by atoms with Crippen molar-refractivity contribution < 1.29 is 24.2 Å². The van der Waals surface area contributed by atoms with Gasteiger partial charge >= 0.3 is 12.1 Å². The molecule has 1 atom stereocenters. The Labute approximate surface area is 163 Å². The molecule has 28 heavy (non-hydrogen) atoms. The third kappa shape index (κ3) is 5.84. The third-order valence-corrected chi connectivity index (χ3v) is 4.08. The molecule has 2 rings (SSSR count). The van der Waals surface area contributed by atoms with Crippen LogP contribution in [0.4, 0.5) is 4.79 Å². The Morgan fingerprint density at radius 2 is 1.57 bits per heavy atom. The minimum atomic E-state index is -1.13. The predicted octanol–water partition coefficient (Wildman–Crippen LogP) is 3.03. The number of hydrogen-bond acceptors (Lipinski definition) is 4. The summed E-state index contributed by atoms with van der Waals surface area (Å²) in [4.78, 5) is 37.7. The highest BCUT2D eigenvalue weighted by Gasteiger charge is 2.33. The summed E-state index contributed by atoms with van der Waals surface area (Å²) in [6, 6.07) is 16.0. The summed E-state index contributed by atoms with van der Waals surface area (Å²) < 4.78 is 5.31. The lowest BCUT2D eigenvalue weighted by molar-refractivity contribution is -0.144. The largest absolute Gasteiger partial charge is 0.480 e. The monoisotopic (exact) mass is 384 g/mol. The molecule has 7 nitrogen and oxygen atoms in total. The van der Waals surface area contributed by atoms with E-state index in [4.69, 9.17) is 4.74 Å². The second-order valence-corrected chi connectivity index (χ2v) is 6.52. The summed E-state index contributed by atoms with van der Waals surface area (Å²) in [5.74, 6) is -1.45. The summed E-state index contributed by atoms with van der Waals surface area (Å²) in [6.07, 6.45) is -0.777. The molecule has 0 aliphatic rings. The van der Waals surface area contributed by atoms with Gasteiger partial charge in [-0.05, 0) is 30.2 Å². The van der Waals surface area contributed by atoms with Crippen molar-refractivity contribution in [1.29, 1.82) is 0 Å². The van der Waals surface area contributed by atoms with Gasteiger partial charge in [0.05, 0.1) is 0 Å². The van der Waals surface area contributed by atoms with Crippen molar-refractivity contribution in [2.45, 2.75) is 19.9 Å². The van der Waals surface area contributed by atoms with Gasteiger partial charge in [0, 0.05) is 18.7 Å². The molecule has 2 amide bonds. The van der Waals surface area contributed by atoms with Crippen molar-refractivity contribution in [3.05, 3.63) is 66.2 Å². The maximum absolute atomic E-state index is 12.6. The first kappa shape index (κ1) is 21.0. The van der Waals surface area contributed by atoms with Crippen molar-refractivity contribution >= 4 is 18.0 Å². The lowest BCUT2D eigenvalue weighted by Crippen LogP contribution is -2.51. The minimum Gasteiger partial charge on any atom is -0.480 e. The maximum atomic E-state index is 12.6. The molecule has 0 aliphatic carbocycles. The number of aliphatic carboxylic acids is 1. The van der Waals surface area contributed by atoms with E-state index in [2.05, 4.69) is 5.32 Å². The van der Waals surface area contributed by atoms with Crippen LogP contribution in [0.25, 0.3) is 0 Å². The van der Waals surface area contributed by atoms with Gasteiger partial charge in [-0.1, -0.05) is 50.2 Å². The molecule has 0 unspecified atom stereocenters. The standard InChI is InChI=1S/C21H24N2O5/c1-15(2)18(20(25)26)23(21(27)28-17-11-7-4-8-12-17)14-13-22-19(24)16-9-5-3-6-10-16/h3-12,15,18H,13-14H2,1-2H3,(H,22,24)(H,25,26)/t18-/m0/s1. The zero-order valence-corrected chi connectivity index (χ0v) is 15.9. The van der Waals surface area contributed by atoms with Gasteiger partial charge in [-0.3, -0.25) is 9.69 Å². The number of para-hydroxylation sites is 1. The molecule has 2 aromatic carbocycles. The topological polar surface area (TPSA) is 95.9 Å². The van der Waals surface area contributed by atoms with Crippen LogP contribution in [0.1, 0.15) is 24.2 Å². The number of carboxylic acids is 1. The number of amides is 2. The van der Waals surface area contributed by atoms with Gasteiger partial charge in [0.1, 0.15) is 11.8 Å². The average molecular weight is 384 g/mol. The lowest BCUT2D eigenvalue weighted by atomic mass is 10.0. The molecule has 0 heterocycles. The fraction of sp³-hybridized carbons (Fsp3) is 0.286. The Balaban J connectivity index is 2.08. The number of carboxylic acid groups (broad SMARTS) is 1. The van der Waals surface area contributed by atoms with Crippen LogP contribution in [0, 0.1) is 5.92 Å². The van der Waals surface area contributed by atoms with Gasteiger partial charge < -0.3 is 15.2 Å². The van der Waals surface area contributed by atoms with Crippen molar-refractivity contribution in [3.8, 4) is 5.75 Å². The van der Waals surface area contributed by atoms with Crippen LogP contribution >= 0.6 is 0 Å². The quantitative estimate of drug-likeness (QED) is 0.729. The van der Waals surface area contributed by atoms with E-state index in [9.17, 15) is 19.5 Å². The lowest BCUT2D eigenvalue weighted by Gasteiger charge is -2.30. The third-order valence-electron chi connectivity index (χ3n) is 4.08. The summed E-state index contributed by atoms with van der Waals surface area (Å²) in [7, 11) is 0. The number of hydrogen-bond donors (Lipinski definition) is 2. The van der Waals surface area contributed by atoms with E-state index in [1.807, 2.05) is 0 Å². The predicted molar refractivity (Wildman–Crippen MR) is 104 cm³/mol. The summed E-state index contributed by atoms with van der Waals surface area (Å²) >= 11 is 0. The summed E-state index contributed by atoms with van der Waals surface area (Å²) in [5.41, 5.74) is 0.486. The van der Waals surface area contributed by atoms with Gasteiger partial charge in [-0.25, -0.2) is 9.59 Å². The maximum Gasteiger partial charge on any atom is 0.416 e. The van der Waals surface area contributed by atoms with Crippen LogP contribution < -0.4 is 10.1 Å². The average Bonchev–Trinajstić information content (AvgIpc) is 2.67. The Morgan fingerprint density at radius 1 is 1.00 bits per heavy atom. The molecule has 148 valence electrons. The van der Waals surface area contributed by atoms with Crippen LogP contribution in [-0.2, 0) is 4.79 Å². The number of carbonyl (C=O) groups is 3. The fourth-order valence-electron chi connectivity index (χ4n) is 2.75. The normalized spacial score (nSPS) is 11.5. The van der Waals surface area contributed by atoms with E-state index in [0.717, 1.165) is 4.90 Å². The van der Waals surface area contributed by atoms with Crippen molar-refractivity contribution in [1.82, 2.24) is 10.2 Å². The molecular formula is C21H24N2O5. The molecule has 0 aromatic heterocycles. The molecule has 0 radical (unpaired) electrons. The molecule has 0 spiro atoms. The molecule has 0 aliphatic heterocycles. The minimum absolute atomic E-state index is 0.000608. The number of benzene rings is 2. The zero-order chi connectivity index (χ0) is 20.5. The van der Waals surface area contributed by atoms with Crippen LogP contribution in [0.15, 0.2) is 60.7 Å². The number of nitrogens with zero attached hydrogens (tertiary/aromatic N) is 1. The highest BCUT2D eigenvalue weighted by molar-refractivity contribution is 5.94. The van der Waals surface area contributed by atoms with E-state index in [-0.39, 0.29) is 24.9 Å². The van der Waals surface area contributed by atoms with Gasteiger partial charge in [0.2, 0.25) is 0 Å². The highest BCUT2D eigenvalue weighted by atomic mass is 16.6. The van der Waals surface area contributed by atoms with Crippen LogP contribution in [0.5, 0.6) is 5.75 Å². The van der Waals surface area contributed by atoms with Gasteiger partial charge in [0.15, 0.2) is 0 Å². The molecule has 2 N–H and O–H groups in total. The first-order valence-corrected chi connectivity index (χ1v) is 8.99. The fourth-order valence-corrected chi connectivity index (χ4v) is 2.75. The molecule has 0 saturated heterocycles. The van der Waals surface area contributed by atoms with Crippen LogP contribution in [0.2, 0.25) is 0 Å². The van der Waals surface area contributed by atoms with Gasteiger partial charge in [0.25, 0.3) is 5.91 Å². The van der Waals surface area contributed by atoms with E-state index >= 15 is 0 Å². The summed E-state index contributed by atoms with van der Waals surface area (Å²) in [5, 5.41) is 12.3. The molecule has 2 aromatic rings. The van der Waals surface area contributed by atoms with E-state index in [1.54, 1.807) is 74.5 Å².